The third-order valence-electron chi connectivity index (χ3n) is 2.62. The predicted molar refractivity (Wildman–Crippen MR) is 42.3 cm³/mol. The number of hydrogen-bond acceptors (Lipinski definition) is 2. The molecule has 0 saturated carbocycles. The van der Waals surface area contributed by atoms with E-state index in [9.17, 15) is 5.11 Å². The summed E-state index contributed by atoms with van der Waals surface area (Å²) in [5.41, 5.74) is 0. The van der Waals surface area contributed by atoms with Crippen LogP contribution in [0.4, 0.5) is 0 Å². The van der Waals surface area contributed by atoms with E-state index >= 15 is 0 Å². The van der Waals surface area contributed by atoms with Crippen LogP contribution in [0.5, 0.6) is 0 Å². The van der Waals surface area contributed by atoms with Gasteiger partial charge in [-0.2, -0.15) is 0 Å². The molecule has 2 bridgehead atoms. The quantitative estimate of drug-likeness (QED) is 0.468. The van der Waals surface area contributed by atoms with E-state index in [1.165, 1.54) is 25.9 Å². The zero-order valence-electron chi connectivity index (χ0n) is 5.58. The van der Waals surface area contributed by atoms with Crippen LogP contribution in [-0.4, -0.2) is 65.3 Å². The molecule has 1 atom stereocenters. The molecule has 3 fully saturated rings. The van der Waals surface area contributed by atoms with Crippen LogP contribution in [0, 0.1) is 5.92 Å². The third-order valence-corrected chi connectivity index (χ3v) is 2.62. The van der Waals surface area contributed by atoms with Gasteiger partial charge in [0.1, 0.15) is 0 Å². The summed E-state index contributed by atoms with van der Waals surface area (Å²) in [6.07, 6.45) is 2.44. The van der Waals surface area contributed by atoms with Gasteiger partial charge < -0.3 is 10.0 Å². The first kappa shape index (κ1) is 9.01. The molecule has 0 aliphatic carbocycles. The van der Waals surface area contributed by atoms with Crippen LogP contribution in [0.25, 0.3) is 0 Å². The number of aliphatic hydroxyl groups excluding tert-OH is 1. The van der Waals surface area contributed by atoms with Gasteiger partial charge in [-0.25, -0.2) is 0 Å². The SMILES string of the molecule is O[C@H]1CN2CCC1CC2.[NaH]. The van der Waals surface area contributed by atoms with E-state index in [4.69, 9.17) is 0 Å². The Balaban J connectivity index is 0.000000500. The Kier molecular flexibility index (Phi) is 3.20. The van der Waals surface area contributed by atoms with Gasteiger partial charge in [0, 0.05) is 6.54 Å². The fourth-order valence-corrected chi connectivity index (χ4v) is 1.93. The van der Waals surface area contributed by atoms with Gasteiger partial charge in [-0.3, -0.25) is 0 Å². The van der Waals surface area contributed by atoms with Crippen molar-refractivity contribution in [2.75, 3.05) is 19.6 Å². The molecule has 3 heteroatoms. The van der Waals surface area contributed by atoms with Crippen molar-refractivity contribution in [3.05, 3.63) is 0 Å². The van der Waals surface area contributed by atoms with Crippen molar-refractivity contribution in [1.82, 2.24) is 4.90 Å². The van der Waals surface area contributed by atoms with Crippen molar-refractivity contribution in [1.29, 1.82) is 0 Å². The van der Waals surface area contributed by atoms with E-state index in [1.54, 1.807) is 0 Å². The molecule has 10 heavy (non-hydrogen) atoms. The second-order valence-corrected chi connectivity index (χ2v) is 3.21. The first-order valence-corrected chi connectivity index (χ1v) is 3.76. The molecular formula is C7H14NNaO. The molecule has 3 saturated heterocycles. The molecule has 0 radical (unpaired) electrons. The topological polar surface area (TPSA) is 23.5 Å². The second-order valence-electron chi connectivity index (χ2n) is 3.21. The first-order valence-electron chi connectivity index (χ1n) is 3.76. The monoisotopic (exact) mass is 151 g/mol. The van der Waals surface area contributed by atoms with Crippen molar-refractivity contribution in [3.8, 4) is 0 Å². The van der Waals surface area contributed by atoms with Gasteiger partial charge in [0.05, 0.1) is 6.10 Å². The molecule has 3 rings (SSSR count). The molecule has 0 unspecified atom stereocenters. The van der Waals surface area contributed by atoms with Gasteiger partial charge in [0.2, 0.25) is 0 Å². The summed E-state index contributed by atoms with van der Waals surface area (Å²) in [7, 11) is 0. The molecule has 3 aliphatic rings. The summed E-state index contributed by atoms with van der Waals surface area (Å²) in [6.45, 7) is 3.38. The van der Waals surface area contributed by atoms with E-state index in [0.717, 1.165) is 6.54 Å². The Bertz CT molecular complexity index is 112. The minimum absolute atomic E-state index is 0. The normalized spacial score (nSPS) is 44.7. The maximum absolute atomic E-state index is 9.36. The maximum atomic E-state index is 9.36. The van der Waals surface area contributed by atoms with E-state index < -0.39 is 0 Å². The predicted octanol–water partition coefficient (Wildman–Crippen LogP) is -0.576. The van der Waals surface area contributed by atoms with Crippen molar-refractivity contribution >= 4 is 29.6 Å². The Morgan fingerprint density at radius 1 is 1.20 bits per heavy atom. The van der Waals surface area contributed by atoms with E-state index in [2.05, 4.69) is 4.90 Å². The van der Waals surface area contributed by atoms with Gasteiger partial charge in [-0.15, -0.1) is 0 Å². The molecule has 0 spiro atoms. The van der Waals surface area contributed by atoms with Gasteiger partial charge in [0.25, 0.3) is 0 Å². The number of fused-ring (bicyclic) bond motifs is 3. The third kappa shape index (κ3) is 1.56. The van der Waals surface area contributed by atoms with E-state index in [0.29, 0.717) is 5.92 Å². The molecular weight excluding hydrogens is 137 g/mol. The summed E-state index contributed by atoms with van der Waals surface area (Å²) >= 11 is 0. The first-order chi connectivity index (χ1) is 4.36. The van der Waals surface area contributed by atoms with Crippen molar-refractivity contribution in [3.63, 3.8) is 0 Å². The van der Waals surface area contributed by atoms with Crippen LogP contribution >= 0.6 is 0 Å². The Hall–Kier alpha value is 0.920. The van der Waals surface area contributed by atoms with Crippen molar-refractivity contribution in [2.24, 2.45) is 5.92 Å². The molecule has 0 aromatic carbocycles. The molecule has 3 heterocycles. The van der Waals surface area contributed by atoms with Crippen LogP contribution in [0.15, 0.2) is 0 Å². The van der Waals surface area contributed by atoms with Crippen LogP contribution in [-0.2, 0) is 0 Å². The van der Waals surface area contributed by atoms with Crippen LogP contribution in [0.2, 0.25) is 0 Å². The summed E-state index contributed by atoms with van der Waals surface area (Å²) in [4.78, 5) is 2.35. The standard InChI is InChI=1S/C7H13NO.Na.H/c9-7-5-8-3-1-6(7)2-4-8;;/h6-7,9H,1-5H2;;/t7-;;/m0../s1. The zero-order valence-corrected chi connectivity index (χ0v) is 5.58. The fraction of sp³-hybridized carbons (Fsp3) is 1.00. The Labute approximate surface area is 83.9 Å². The molecule has 2 nitrogen and oxygen atoms in total. The second kappa shape index (κ2) is 3.55. The number of nitrogens with zero attached hydrogens (tertiary/aromatic N) is 1. The number of hydrogen-bond donors (Lipinski definition) is 1. The van der Waals surface area contributed by atoms with E-state index in [-0.39, 0.29) is 35.7 Å². The minimum atomic E-state index is -0.00694. The molecule has 1 N–H and O–H groups in total. The number of piperidine rings is 3. The molecule has 54 valence electrons. The Morgan fingerprint density at radius 2 is 1.80 bits per heavy atom. The van der Waals surface area contributed by atoms with Crippen LogP contribution in [0.3, 0.4) is 0 Å². The Morgan fingerprint density at radius 3 is 2.00 bits per heavy atom. The molecule has 0 amide bonds. The van der Waals surface area contributed by atoms with Gasteiger partial charge in [0.15, 0.2) is 0 Å². The zero-order chi connectivity index (χ0) is 6.27. The van der Waals surface area contributed by atoms with Crippen LogP contribution < -0.4 is 0 Å². The average molecular weight is 151 g/mol. The van der Waals surface area contributed by atoms with Gasteiger partial charge in [-0.1, -0.05) is 0 Å². The summed E-state index contributed by atoms with van der Waals surface area (Å²) in [6, 6.07) is 0. The van der Waals surface area contributed by atoms with E-state index in [1.807, 2.05) is 0 Å². The van der Waals surface area contributed by atoms with Crippen molar-refractivity contribution < 1.29 is 5.11 Å². The summed E-state index contributed by atoms with van der Waals surface area (Å²) in [5.74, 6) is 0.634. The summed E-state index contributed by atoms with van der Waals surface area (Å²) < 4.78 is 0. The fourth-order valence-electron chi connectivity index (χ4n) is 1.93. The average Bonchev–Trinajstić information content (AvgIpc) is 1.90. The molecule has 0 aromatic heterocycles. The van der Waals surface area contributed by atoms with Gasteiger partial charge >= 0.3 is 29.6 Å². The molecule has 0 aromatic rings. The molecule has 3 aliphatic heterocycles. The number of aliphatic hydroxyl groups is 1. The van der Waals surface area contributed by atoms with Crippen LogP contribution in [0.1, 0.15) is 12.8 Å². The summed E-state index contributed by atoms with van der Waals surface area (Å²) in [5, 5.41) is 9.36. The van der Waals surface area contributed by atoms with Gasteiger partial charge in [-0.05, 0) is 31.8 Å². The van der Waals surface area contributed by atoms with Crippen molar-refractivity contribution in [2.45, 2.75) is 18.9 Å². The number of rotatable bonds is 0.